The Hall–Kier alpha value is -2.80. The first-order chi connectivity index (χ1) is 9.60. The van der Waals surface area contributed by atoms with Crippen molar-refractivity contribution < 1.29 is 14.6 Å². The number of benzene rings is 2. The second-order valence-electron chi connectivity index (χ2n) is 4.38. The highest BCUT2D eigenvalue weighted by atomic mass is 16.5. The molecular weight excluding hydrogens is 254 g/mol. The maximum Gasteiger partial charge on any atom is 0.338 e. The Morgan fingerprint density at radius 1 is 1.25 bits per heavy atom. The van der Waals surface area contributed by atoms with E-state index in [1.54, 1.807) is 12.1 Å². The molecule has 20 heavy (non-hydrogen) atoms. The van der Waals surface area contributed by atoms with E-state index in [2.05, 4.69) is 6.07 Å². The largest absolute Gasteiger partial charge is 0.508 e. The molecule has 2 rings (SSSR count). The molecular formula is C16H13NO3. The molecule has 0 atom stereocenters. The first-order valence-electron chi connectivity index (χ1n) is 6.06. The highest BCUT2D eigenvalue weighted by Crippen LogP contribution is 2.14. The normalized spacial score (nSPS) is 9.80. The van der Waals surface area contributed by atoms with Crippen LogP contribution in [-0.2, 0) is 11.3 Å². The van der Waals surface area contributed by atoms with E-state index in [4.69, 9.17) is 15.1 Å². The summed E-state index contributed by atoms with van der Waals surface area (Å²) in [5.74, 6) is -0.351. The van der Waals surface area contributed by atoms with Gasteiger partial charge in [0.15, 0.2) is 0 Å². The Morgan fingerprint density at radius 2 is 1.95 bits per heavy atom. The third kappa shape index (κ3) is 3.15. The summed E-state index contributed by atoms with van der Waals surface area (Å²) in [5.41, 5.74) is 2.67. The van der Waals surface area contributed by atoms with Crippen molar-refractivity contribution in [2.24, 2.45) is 0 Å². The number of nitriles is 1. The molecule has 4 heteroatoms. The predicted octanol–water partition coefficient (Wildman–Crippen LogP) is 2.93. The standard InChI is InChI=1S/C16H13NO3/c1-11-8-12(2-3-14(11)9-17)10-20-16(19)13-4-6-15(18)7-5-13/h2-8,18H,10H2,1H3. The van der Waals surface area contributed by atoms with E-state index in [1.165, 1.54) is 24.3 Å². The quantitative estimate of drug-likeness (QED) is 0.868. The molecule has 0 saturated carbocycles. The lowest BCUT2D eigenvalue weighted by molar-refractivity contribution is 0.0472. The molecule has 2 aromatic carbocycles. The maximum absolute atomic E-state index is 11.8. The summed E-state index contributed by atoms with van der Waals surface area (Å²) < 4.78 is 5.18. The van der Waals surface area contributed by atoms with Gasteiger partial charge in [-0.3, -0.25) is 0 Å². The van der Waals surface area contributed by atoms with Crippen LogP contribution in [0.1, 0.15) is 27.0 Å². The van der Waals surface area contributed by atoms with Crippen molar-refractivity contribution >= 4 is 5.97 Å². The first kappa shape index (κ1) is 13.6. The Kier molecular flexibility index (Phi) is 4.02. The minimum Gasteiger partial charge on any atom is -0.508 e. The van der Waals surface area contributed by atoms with Gasteiger partial charge in [0.05, 0.1) is 17.2 Å². The van der Waals surface area contributed by atoms with Crippen LogP contribution in [0.4, 0.5) is 0 Å². The van der Waals surface area contributed by atoms with Gasteiger partial charge >= 0.3 is 5.97 Å². The van der Waals surface area contributed by atoms with Crippen molar-refractivity contribution in [2.75, 3.05) is 0 Å². The van der Waals surface area contributed by atoms with Gasteiger partial charge in [-0.15, -0.1) is 0 Å². The van der Waals surface area contributed by atoms with Gasteiger partial charge < -0.3 is 9.84 Å². The van der Waals surface area contributed by atoms with Crippen molar-refractivity contribution in [3.05, 3.63) is 64.7 Å². The average molecular weight is 267 g/mol. The number of nitrogens with zero attached hydrogens (tertiary/aromatic N) is 1. The second kappa shape index (κ2) is 5.89. The third-order valence-corrected chi connectivity index (χ3v) is 2.88. The summed E-state index contributed by atoms with van der Waals surface area (Å²) in [7, 11) is 0. The molecule has 0 heterocycles. The van der Waals surface area contributed by atoms with Crippen LogP contribution < -0.4 is 0 Å². The minimum absolute atomic E-state index is 0.101. The van der Waals surface area contributed by atoms with Gasteiger partial charge in [0.1, 0.15) is 12.4 Å². The number of carbonyl (C=O) groups excluding carboxylic acids is 1. The monoisotopic (exact) mass is 267 g/mol. The van der Waals surface area contributed by atoms with Gasteiger partial charge in [0.2, 0.25) is 0 Å². The van der Waals surface area contributed by atoms with Gasteiger partial charge in [-0.2, -0.15) is 5.26 Å². The number of carbonyl (C=O) groups is 1. The third-order valence-electron chi connectivity index (χ3n) is 2.88. The molecule has 0 aliphatic rings. The van der Waals surface area contributed by atoms with Crippen LogP contribution in [-0.4, -0.2) is 11.1 Å². The molecule has 0 aromatic heterocycles. The van der Waals surface area contributed by atoms with Crippen molar-refractivity contribution in [3.8, 4) is 11.8 Å². The molecule has 0 unspecified atom stereocenters. The van der Waals surface area contributed by atoms with Crippen LogP contribution in [0.3, 0.4) is 0 Å². The number of hydrogen-bond acceptors (Lipinski definition) is 4. The number of aromatic hydroxyl groups is 1. The molecule has 0 spiro atoms. The van der Waals surface area contributed by atoms with E-state index in [1.807, 2.05) is 13.0 Å². The van der Waals surface area contributed by atoms with Crippen molar-refractivity contribution in [3.63, 3.8) is 0 Å². The minimum atomic E-state index is -0.452. The fourth-order valence-corrected chi connectivity index (χ4v) is 1.77. The Bertz CT molecular complexity index is 669. The zero-order chi connectivity index (χ0) is 14.5. The van der Waals surface area contributed by atoms with Gasteiger partial charge in [-0.25, -0.2) is 4.79 Å². The molecule has 0 aliphatic heterocycles. The van der Waals surface area contributed by atoms with Crippen molar-refractivity contribution in [2.45, 2.75) is 13.5 Å². The van der Waals surface area contributed by atoms with Gasteiger partial charge in [-0.05, 0) is 48.4 Å². The van der Waals surface area contributed by atoms with E-state index < -0.39 is 5.97 Å². The maximum atomic E-state index is 11.8. The molecule has 0 saturated heterocycles. The summed E-state index contributed by atoms with van der Waals surface area (Å²) in [6.07, 6.45) is 0. The summed E-state index contributed by atoms with van der Waals surface area (Å²) in [6.45, 7) is 1.98. The van der Waals surface area contributed by atoms with E-state index in [-0.39, 0.29) is 12.4 Å². The number of esters is 1. The Balaban J connectivity index is 2.02. The number of phenols is 1. The van der Waals surface area contributed by atoms with E-state index in [0.717, 1.165) is 11.1 Å². The van der Waals surface area contributed by atoms with Crippen LogP contribution >= 0.6 is 0 Å². The van der Waals surface area contributed by atoms with Crippen LogP contribution in [0.15, 0.2) is 42.5 Å². The lowest BCUT2D eigenvalue weighted by Gasteiger charge is -2.06. The molecule has 0 amide bonds. The van der Waals surface area contributed by atoms with E-state index in [9.17, 15) is 4.79 Å². The number of hydrogen-bond donors (Lipinski definition) is 1. The second-order valence-corrected chi connectivity index (χ2v) is 4.38. The zero-order valence-electron chi connectivity index (χ0n) is 11.0. The first-order valence-corrected chi connectivity index (χ1v) is 6.06. The number of rotatable bonds is 3. The molecule has 0 radical (unpaired) electrons. The van der Waals surface area contributed by atoms with E-state index >= 15 is 0 Å². The molecule has 1 N–H and O–H groups in total. The van der Waals surface area contributed by atoms with Crippen LogP contribution in [0.5, 0.6) is 5.75 Å². The van der Waals surface area contributed by atoms with E-state index in [0.29, 0.717) is 11.1 Å². The molecule has 0 aliphatic carbocycles. The number of aryl methyl sites for hydroxylation is 1. The summed E-state index contributed by atoms with van der Waals surface area (Å²) in [5, 5.41) is 18.0. The lowest BCUT2D eigenvalue weighted by Crippen LogP contribution is -2.05. The van der Waals surface area contributed by atoms with Crippen LogP contribution in [0.25, 0.3) is 0 Å². The van der Waals surface area contributed by atoms with Gasteiger partial charge in [0, 0.05) is 0 Å². The van der Waals surface area contributed by atoms with Crippen molar-refractivity contribution in [1.82, 2.24) is 0 Å². The molecule has 2 aromatic rings. The molecule has 4 nitrogen and oxygen atoms in total. The topological polar surface area (TPSA) is 70.3 Å². The fraction of sp³-hybridized carbons (Fsp3) is 0.125. The van der Waals surface area contributed by atoms with Gasteiger partial charge in [0.25, 0.3) is 0 Å². The highest BCUT2D eigenvalue weighted by molar-refractivity contribution is 5.89. The molecule has 0 bridgehead atoms. The van der Waals surface area contributed by atoms with Crippen LogP contribution in [0.2, 0.25) is 0 Å². The summed E-state index contributed by atoms with van der Waals surface area (Å²) >= 11 is 0. The Morgan fingerprint density at radius 3 is 2.55 bits per heavy atom. The Labute approximate surface area is 116 Å². The zero-order valence-corrected chi connectivity index (χ0v) is 11.0. The number of ether oxygens (including phenoxy) is 1. The SMILES string of the molecule is Cc1cc(COC(=O)c2ccc(O)cc2)ccc1C#N. The highest BCUT2D eigenvalue weighted by Gasteiger charge is 2.07. The molecule has 0 fully saturated rings. The fourth-order valence-electron chi connectivity index (χ4n) is 1.77. The molecule has 100 valence electrons. The average Bonchev–Trinajstić information content (AvgIpc) is 2.45. The number of phenolic OH excluding ortho intramolecular Hbond substituents is 1. The smallest absolute Gasteiger partial charge is 0.338 e. The van der Waals surface area contributed by atoms with Crippen LogP contribution in [0, 0.1) is 18.3 Å². The van der Waals surface area contributed by atoms with Gasteiger partial charge in [-0.1, -0.05) is 12.1 Å². The summed E-state index contributed by atoms with van der Waals surface area (Å²) in [4.78, 5) is 11.8. The van der Waals surface area contributed by atoms with Crippen molar-refractivity contribution in [1.29, 1.82) is 5.26 Å². The summed E-state index contributed by atoms with van der Waals surface area (Å²) in [6, 6.07) is 13.2. The predicted molar refractivity (Wildman–Crippen MR) is 73.1 cm³/mol. The lowest BCUT2D eigenvalue weighted by atomic mass is 10.1.